The first-order valence-electron chi connectivity index (χ1n) is 15.1. The molecule has 3 aliphatic rings. The van der Waals surface area contributed by atoms with Gasteiger partial charge in [-0.1, -0.05) is 6.58 Å². The van der Waals surface area contributed by atoms with E-state index < -0.39 is 0 Å². The summed E-state index contributed by atoms with van der Waals surface area (Å²) in [5.74, 6) is 1.98. The molecule has 2 aromatic rings. The molecule has 0 spiro atoms. The summed E-state index contributed by atoms with van der Waals surface area (Å²) in [6, 6.07) is 5.74. The Bertz CT molecular complexity index is 1180. The summed E-state index contributed by atoms with van der Waals surface area (Å²) in [6.45, 7) is 26.3. The number of aromatic hydroxyl groups is 1. The highest BCUT2D eigenvalue weighted by molar-refractivity contribution is 5.63. The van der Waals surface area contributed by atoms with E-state index in [1.807, 2.05) is 19.9 Å². The number of aromatic nitrogens is 2. The number of rotatable bonds is 10. The van der Waals surface area contributed by atoms with Crippen molar-refractivity contribution in [1.29, 1.82) is 0 Å². The predicted octanol–water partition coefficient (Wildman–Crippen LogP) is 4.09. The van der Waals surface area contributed by atoms with Gasteiger partial charge in [0.2, 0.25) is 0 Å². The van der Waals surface area contributed by atoms with Crippen LogP contribution in [0, 0.1) is 0 Å². The number of nitrogens with zero attached hydrogens (tertiary/aromatic N) is 6. The second-order valence-corrected chi connectivity index (χ2v) is 11.1. The minimum absolute atomic E-state index is 0.0321. The molecule has 0 aliphatic carbocycles. The molecular weight excluding hydrogens is 532 g/mol. The largest absolute Gasteiger partial charge is 0.508 e. The Hall–Kier alpha value is -3.50. The summed E-state index contributed by atoms with van der Waals surface area (Å²) >= 11 is 0. The number of ether oxygens (including phenoxy) is 3. The third kappa shape index (κ3) is 8.07. The van der Waals surface area contributed by atoms with Gasteiger partial charge < -0.3 is 34.0 Å². The highest BCUT2D eigenvalue weighted by Crippen LogP contribution is 2.37. The molecule has 0 radical (unpaired) electrons. The Labute approximate surface area is 251 Å². The maximum atomic E-state index is 10.3. The zero-order chi connectivity index (χ0) is 30.1. The van der Waals surface area contributed by atoms with E-state index in [0.717, 1.165) is 107 Å². The third-order valence-corrected chi connectivity index (χ3v) is 7.74. The van der Waals surface area contributed by atoms with Gasteiger partial charge in [-0.05, 0) is 45.7 Å². The summed E-state index contributed by atoms with van der Waals surface area (Å²) in [5, 5.41) is 10.3. The second kappa shape index (κ2) is 15.1. The minimum atomic E-state index is 0.0321. The van der Waals surface area contributed by atoms with Crippen LogP contribution in [0.5, 0.6) is 17.5 Å². The van der Waals surface area contributed by atoms with E-state index in [-0.39, 0.29) is 11.9 Å². The van der Waals surface area contributed by atoms with Gasteiger partial charge in [-0.25, -0.2) is 0 Å². The molecule has 0 atom stereocenters. The molecular formula is C32H48N6O4. The Kier molecular flexibility index (Phi) is 11.3. The van der Waals surface area contributed by atoms with Gasteiger partial charge in [0.1, 0.15) is 17.3 Å². The number of fused-ring (bicyclic) bond motifs is 1. The first-order chi connectivity index (χ1) is 20.4. The van der Waals surface area contributed by atoms with E-state index in [1.165, 1.54) is 5.56 Å². The number of hydrogen-bond donors (Lipinski definition) is 1. The average molecular weight is 581 g/mol. The first-order valence-corrected chi connectivity index (χ1v) is 15.1. The zero-order valence-corrected chi connectivity index (χ0v) is 25.7. The monoisotopic (exact) mass is 580 g/mol. The molecule has 10 heteroatoms. The minimum Gasteiger partial charge on any atom is -0.508 e. The zero-order valence-electron chi connectivity index (χ0n) is 25.7. The molecule has 2 saturated heterocycles. The third-order valence-electron chi connectivity index (χ3n) is 7.74. The SMILES string of the molecule is C=C.C=C(C)N1CCN(c2nc(OCCCN3CCOCC3)nc3c2CCN(c2cc(O)ccc2OC(C)C)C3)CC1. The van der Waals surface area contributed by atoms with Crippen LogP contribution in [-0.2, 0) is 17.7 Å². The summed E-state index contributed by atoms with van der Waals surface area (Å²) < 4.78 is 17.7. The van der Waals surface area contributed by atoms with Crippen molar-refractivity contribution in [2.75, 3.05) is 82.0 Å². The molecule has 4 heterocycles. The maximum Gasteiger partial charge on any atom is 0.318 e. The highest BCUT2D eigenvalue weighted by Gasteiger charge is 2.29. The van der Waals surface area contributed by atoms with E-state index in [1.54, 1.807) is 12.1 Å². The van der Waals surface area contributed by atoms with Crippen molar-refractivity contribution < 1.29 is 19.3 Å². The van der Waals surface area contributed by atoms with Crippen LogP contribution in [0.2, 0.25) is 0 Å². The van der Waals surface area contributed by atoms with E-state index in [4.69, 9.17) is 24.2 Å². The van der Waals surface area contributed by atoms with Crippen LogP contribution in [0.1, 0.15) is 38.4 Å². The Balaban J connectivity index is 0.00000198. The standard InChI is InChI=1S/C30H44N6O4.C2H4/c1-22(2)34-11-13-35(14-12-34)29-25-8-10-36(27-20-24(37)6-7-28(27)40-23(3)4)21-26(25)31-30(32-29)39-17-5-9-33-15-18-38-19-16-33;1-2/h6-7,20,23,37H,1,5,8-19,21H2,2-4H3;1-2H2. The molecule has 0 unspecified atom stereocenters. The molecule has 1 aromatic carbocycles. The van der Waals surface area contributed by atoms with Gasteiger partial charge in [0.05, 0.1) is 43.9 Å². The fraction of sp³-hybridized carbons (Fsp3) is 0.562. The summed E-state index contributed by atoms with van der Waals surface area (Å²) in [5.41, 5.74) is 4.14. The van der Waals surface area contributed by atoms with Gasteiger partial charge >= 0.3 is 6.01 Å². The summed E-state index contributed by atoms with van der Waals surface area (Å²) in [4.78, 5) is 19.2. The van der Waals surface area contributed by atoms with Crippen LogP contribution in [0.25, 0.3) is 0 Å². The molecule has 1 N–H and O–H groups in total. The lowest BCUT2D eigenvalue weighted by Gasteiger charge is -2.39. The van der Waals surface area contributed by atoms with Crippen molar-refractivity contribution in [3.63, 3.8) is 0 Å². The number of phenolic OH excluding ortho intramolecular Hbond substituents is 1. The van der Waals surface area contributed by atoms with E-state index in [2.05, 4.69) is 46.3 Å². The molecule has 1 aromatic heterocycles. The van der Waals surface area contributed by atoms with Crippen molar-refractivity contribution in [2.24, 2.45) is 0 Å². The molecule has 42 heavy (non-hydrogen) atoms. The summed E-state index contributed by atoms with van der Waals surface area (Å²) in [6.07, 6.45) is 1.75. The van der Waals surface area contributed by atoms with Crippen molar-refractivity contribution in [1.82, 2.24) is 19.8 Å². The number of morpholine rings is 1. The number of allylic oxidation sites excluding steroid dienone is 1. The van der Waals surface area contributed by atoms with Crippen molar-refractivity contribution in [2.45, 2.75) is 46.3 Å². The van der Waals surface area contributed by atoms with Gasteiger partial charge in [0.15, 0.2) is 0 Å². The van der Waals surface area contributed by atoms with Gasteiger partial charge in [-0.3, -0.25) is 4.90 Å². The predicted molar refractivity (Wildman–Crippen MR) is 168 cm³/mol. The summed E-state index contributed by atoms with van der Waals surface area (Å²) in [7, 11) is 0. The first kappa shape index (κ1) is 31.4. The molecule has 5 rings (SSSR count). The molecule has 10 nitrogen and oxygen atoms in total. The highest BCUT2D eigenvalue weighted by atomic mass is 16.5. The molecule has 230 valence electrons. The molecule has 0 amide bonds. The Morgan fingerprint density at radius 2 is 1.76 bits per heavy atom. The van der Waals surface area contributed by atoms with Gasteiger partial charge in [-0.2, -0.15) is 9.97 Å². The van der Waals surface area contributed by atoms with E-state index in [0.29, 0.717) is 19.2 Å². The van der Waals surface area contributed by atoms with Gasteiger partial charge in [0, 0.05) is 69.7 Å². The number of piperazine rings is 1. The van der Waals surface area contributed by atoms with Crippen LogP contribution >= 0.6 is 0 Å². The van der Waals surface area contributed by atoms with Crippen LogP contribution in [0.4, 0.5) is 11.5 Å². The van der Waals surface area contributed by atoms with Crippen LogP contribution in [-0.4, -0.2) is 103 Å². The lowest BCUT2D eigenvalue weighted by Crippen LogP contribution is -2.46. The maximum absolute atomic E-state index is 10.3. The fourth-order valence-corrected chi connectivity index (χ4v) is 5.60. The van der Waals surface area contributed by atoms with E-state index in [9.17, 15) is 5.11 Å². The Morgan fingerprint density at radius 3 is 2.45 bits per heavy atom. The van der Waals surface area contributed by atoms with Crippen LogP contribution in [0.15, 0.2) is 43.6 Å². The van der Waals surface area contributed by atoms with Gasteiger partial charge in [0.25, 0.3) is 0 Å². The molecule has 0 bridgehead atoms. The van der Waals surface area contributed by atoms with Crippen molar-refractivity contribution in [3.8, 4) is 17.5 Å². The van der Waals surface area contributed by atoms with Crippen molar-refractivity contribution >= 4 is 11.5 Å². The normalized spacial score (nSPS) is 17.4. The Morgan fingerprint density at radius 1 is 1.02 bits per heavy atom. The van der Waals surface area contributed by atoms with Crippen molar-refractivity contribution in [3.05, 3.63) is 54.9 Å². The second-order valence-electron chi connectivity index (χ2n) is 11.1. The van der Waals surface area contributed by atoms with Crippen LogP contribution < -0.4 is 19.3 Å². The quantitative estimate of drug-likeness (QED) is 0.328. The smallest absolute Gasteiger partial charge is 0.318 e. The van der Waals surface area contributed by atoms with E-state index >= 15 is 0 Å². The fourth-order valence-electron chi connectivity index (χ4n) is 5.60. The number of hydrogen-bond acceptors (Lipinski definition) is 10. The molecule has 0 saturated carbocycles. The topological polar surface area (TPSA) is 86.7 Å². The lowest BCUT2D eigenvalue weighted by atomic mass is 10.0. The number of phenols is 1. The molecule has 2 fully saturated rings. The lowest BCUT2D eigenvalue weighted by molar-refractivity contribution is 0.0356. The number of benzene rings is 1. The molecule has 3 aliphatic heterocycles. The number of anilines is 2. The average Bonchev–Trinajstić information content (AvgIpc) is 3.01. The van der Waals surface area contributed by atoms with Gasteiger partial charge in [-0.15, -0.1) is 13.2 Å². The van der Waals surface area contributed by atoms with Crippen LogP contribution in [0.3, 0.4) is 0 Å².